The van der Waals surface area contributed by atoms with Crippen molar-refractivity contribution in [3.8, 4) is 0 Å². The van der Waals surface area contributed by atoms with Crippen LogP contribution in [0.3, 0.4) is 0 Å². The van der Waals surface area contributed by atoms with Crippen LogP contribution in [0.4, 0.5) is 0 Å². The van der Waals surface area contributed by atoms with Gasteiger partial charge in [0, 0.05) is 3.57 Å². The maximum Gasteiger partial charge on any atom is 0.0162 e. The maximum absolute atomic E-state index is 3.74. The molecular weight excluding hydrogens is 295 g/mol. The molecule has 0 radical (unpaired) electrons. The summed E-state index contributed by atoms with van der Waals surface area (Å²) in [7, 11) is 0. The third kappa shape index (κ3) is 5.36. The standard InChI is InChI=1S/C14H19I/c1-2-3-4-5-6-7-10-13-11-8-9-12-14(13)15/h2,8-9,11-12H,1,3-7,10H2. The van der Waals surface area contributed by atoms with Crippen LogP contribution >= 0.6 is 22.6 Å². The Morgan fingerprint density at radius 1 is 1.07 bits per heavy atom. The highest BCUT2D eigenvalue weighted by atomic mass is 127. The van der Waals surface area contributed by atoms with E-state index in [0.29, 0.717) is 0 Å². The van der Waals surface area contributed by atoms with Gasteiger partial charge in [0.2, 0.25) is 0 Å². The molecule has 82 valence electrons. The first-order valence-electron chi connectivity index (χ1n) is 5.69. The number of hydrogen-bond donors (Lipinski definition) is 0. The number of rotatable bonds is 7. The lowest BCUT2D eigenvalue weighted by molar-refractivity contribution is 0.646. The fourth-order valence-corrected chi connectivity index (χ4v) is 2.32. The summed E-state index contributed by atoms with van der Waals surface area (Å²) < 4.78 is 1.40. The predicted molar refractivity (Wildman–Crippen MR) is 76.1 cm³/mol. The predicted octanol–water partition coefficient (Wildman–Crippen LogP) is 4.97. The lowest BCUT2D eigenvalue weighted by Crippen LogP contribution is -1.89. The van der Waals surface area contributed by atoms with Crippen LogP contribution in [-0.4, -0.2) is 0 Å². The minimum atomic E-state index is 1.17. The number of unbranched alkanes of at least 4 members (excludes halogenated alkanes) is 4. The summed E-state index contributed by atoms with van der Waals surface area (Å²) in [6.45, 7) is 3.74. The molecule has 0 unspecified atom stereocenters. The molecule has 0 saturated carbocycles. The second-order valence-electron chi connectivity index (χ2n) is 3.83. The molecular formula is C14H19I. The zero-order valence-corrected chi connectivity index (χ0v) is 11.4. The Morgan fingerprint density at radius 3 is 2.53 bits per heavy atom. The quantitative estimate of drug-likeness (QED) is 0.379. The SMILES string of the molecule is C=CCCCCCCc1ccccc1I. The molecule has 15 heavy (non-hydrogen) atoms. The second-order valence-corrected chi connectivity index (χ2v) is 5.00. The van der Waals surface area contributed by atoms with E-state index >= 15 is 0 Å². The van der Waals surface area contributed by atoms with Gasteiger partial charge in [0.05, 0.1) is 0 Å². The summed E-state index contributed by atoms with van der Waals surface area (Å²) in [6.07, 6.45) is 9.72. The first-order chi connectivity index (χ1) is 7.34. The molecule has 0 fully saturated rings. The van der Waals surface area contributed by atoms with Crippen molar-refractivity contribution in [2.24, 2.45) is 0 Å². The highest BCUT2D eigenvalue weighted by Crippen LogP contribution is 2.15. The molecule has 0 spiro atoms. The zero-order valence-electron chi connectivity index (χ0n) is 9.21. The van der Waals surface area contributed by atoms with Crippen LogP contribution in [0.5, 0.6) is 0 Å². The fraction of sp³-hybridized carbons (Fsp3) is 0.429. The summed E-state index contributed by atoms with van der Waals surface area (Å²) in [5, 5.41) is 0. The van der Waals surface area contributed by atoms with E-state index in [-0.39, 0.29) is 0 Å². The first-order valence-corrected chi connectivity index (χ1v) is 6.77. The van der Waals surface area contributed by atoms with Gasteiger partial charge in [-0.2, -0.15) is 0 Å². The molecule has 0 atom stereocenters. The lowest BCUT2D eigenvalue weighted by Gasteiger charge is -2.03. The van der Waals surface area contributed by atoms with E-state index in [0.717, 1.165) is 0 Å². The number of hydrogen-bond acceptors (Lipinski definition) is 0. The molecule has 0 nitrogen and oxygen atoms in total. The van der Waals surface area contributed by atoms with Gasteiger partial charge in [-0.05, 0) is 59.9 Å². The maximum atomic E-state index is 3.74. The Bertz CT molecular complexity index is 291. The summed E-state index contributed by atoms with van der Waals surface area (Å²) in [5.41, 5.74) is 1.50. The molecule has 0 aliphatic carbocycles. The van der Waals surface area contributed by atoms with Crippen LogP contribution in [0, 0.1) is 3.57 Å². The minimum absolute atomic E-state index is 1.17. The largest absolute Gasteiger partial charge is 0.103 e. The summed E-state index contributed by atoms with van der Waals surface area (Å²) in [6, 6.07) is 8.67. The van der Waals surface area contributed by atoms with Crippen molar-refractivity contribution in [2.75, 3.05) is 0 Å². The number of halogens is 1. The van der Waals surface area contributed by atoms with Gasteiger partial charge in [-0.25, -0.2) is 0 Å². The van der Waals surface area contributed by atoms with Gasteiger partial charge in [-0.1, -0.05) is 37.1 Å². The lowest BCUT2D eigenvalue weighted by atomic mass is 10.1. The second kappa shape index (κ2) is 7.91. The monoisotopic (exact) mass is 314 g/mol. The van der Waals surface area contributed by atoms with Crippen molar-refractivity contribution in [1.82, 2.24) is 0 Å². The molecule has 1 heteroatoms. The van der Waals surface area contributed by atoms with E-state index in [1.807, 2.05) is 6.08 Å². The van der Waals surface area contributed by atoms with Crippen molar-refractivity contribution in [2.45, 2.75) is 38.5 Å². The van der Waals surface area contributed by atoms with Gasteiger partial charge in [0.15, 0.2) is 0 Å². The van der Waals surface area contributed by atoms with Gasteiger partial charge in [-0.15, -0.1) is 6.58 Å². The number of benzene rings is 1. The first kappa shape index (κ1) is 12.8. The third-order valence-electron chi connectivity index (χ3n) is 2.56. The van der Waals surface area contributed by atoms with Crippen molar-refractivity contribution in [1.29, 1.82) is 0 Å². The van der Waals surface area contributed by atoms with Gasteiger partial charge in [0.1, 0.15) is 0 Å². The van der Waals surface area contributed by atoms with E-state index in [4.69, 9.17) is 0 Å². The highest BCUT2D eigenvalue weighted by Gasteiger charge is 1.97. The van der Waals surface area contributed by atoms with Crippen LogP contribution in [0.25, 0.3) is 0 Å². The summed E-state index contributed by atoms with van der Waals surface area (Å²) in [5.74, 6) is 0. The van der Waals surface area contributed by atoms with Crippen molar-refractivity contribution in [3.05, 3.63) is 46.1 Å². The normalized spacial score (nSPS) is 10.2. The molecule has 0 saturated heterocycles. The molecule has 0 aliphatic heterocycles. The van der Waals surface area contributed by atoms with Crippen LogP contribution in [0.2, 0.25) is 0 Å². The van der Waals surface area contributed by atoms with Crippen LogP contribution in [0.1, 0.15) is 37.7 Å². The van der Waals surface area contributed by atoms with Crippen LogP contribution < -0.4 is 0 Å². The zero-order chi connectivity index (χ0) is 10.9. The number of aryl methyl sites for hydroxylation is 1. The topological polar surface area (TPSA) is 0 Å². The fourth-order valence-electron chi connectivity index (χ4n) is 1.66. The third-order valence-corrected chi connectivity index (χ3v) is 3.61. The van der Waals surface area contributed by atoms with Gasteiger partial charge in [0.25, 0.3) is 0 Å². The van der Waals surface area contributed by atoms with Crippen molar-refractivity contribution < 1.29 is 0 Å². The molecule has 1 rings (SSSR count). The summed E-state index contributed by atoms with van der Waals surface area (Å²) in [4.78, 5) is 0. The van der Waals surface area contributed by atoms with Gasteiger partial charge >= 0.3 is 0 Å². The molecule has 0 amide bonds. The van der Waals surface area contributed by atoms with E-state index in [9.17, 15) is 0 Å². The smallest absolute Gasteiger partial charge is 0.0162 e. The average Bonchev–Trinajstić information content (AvgIpc) is 2.25. The van der Waals surface area contributed by atoms with E-state index in [2.05, 4.69) is 53.4 Å². The van der Waals surface area contributed by atoms with Crippen molar-refractivity contribution >= 4 is 22.6 Å². The Kier molecular flexibility index (Phi) is 6.73. The van der Waals surface area contributed by atoms with Gasteiger partial charge < -0.3 is 0 Å². The highest BCUT2D eigenvalue weighted by molar-refractivity contribution is 14.1. The molecule has 0 bridgehead atoms. The average molecular weight is 314 g/mol. The minimum Gasteiger partial charge on any atom is -0.103 e. The van der Waals surface area contributed by atoms with Crippen molar-refractivity contribution in [3.63, 3.8) is 0 Å². The van der Waals surface area contributed by atoms with Crippen LogP contribution in [-0.2, 0) is 6.42 Å². The molecule has 0 heterocycles. The molecule has 1 aromatic carbocycles. The van der Waals surface area contributed by atoms with Gasteiger partial charge in [-0.3, -0.25) is 0 Å². The Hall–Kier alpha value is -0.310. The number of allylic oxidation sites excluding steroid dienone is 1. The molecule has 1 aromatic rings. The molecule has 0 aromatic heterocycles. The Labute approximate surface area is 107 Å². The molecule has 0 aliphatic rings. The summed E-state index contributed by atoms with van der Waals surface area (Å²) >= 11 is 2.42. The Balaban J connectivity index is 2.15. The van der Waals surface area contributed by atoms with Crippen LogP contribution in [0.15, 0.2) is 36.9 Å². The van der Waals surface area contributed by atoms with E-state index in [1.54, 1.807) is 0 Å². The Morgan fingerprint density at radius 2 is 1.80 bits per heavy atom. The van der Waals surface area contributed by atoms with E-state index in [1.165, 1.54) is 47.7 Å². The van der Waals surface area contributed by atoms with E-state index < -0.39 is 0 Å². The molecule has 0 N–H and O–H groups in total.